The standard InChI is InChI=1S/C14H19NO3/c1-9-3-4-11(7-10(9)2)18-12-5-6-13(14(16)17)15-8-12/h5-6,8-11H,3-4,7H2,1-2H3,(H,16,17). The first kappa shape index (κ1) is 12.9. The highest BCUT2D eigenvalue weighted by atomic mass is 16.5. The van der Waals surface area contributed by atoms with Crippen LogP contribution in [0.2, 0.25) is 0 Å². The summed E-state index contributed by atoms with van der Waals surface area (Å²) in [6.45, 7) is 4.54. The Labute approximate surface area is 107 Å². The Kier molecular flexibility index (Phi) is 3.84. The third-order valence-electron chi connectivity index (χ3n) is 3.81. The first-order valence-electron chi connectivity index (χ1n) is 6.42. The Hall–Kier alpha value is -1.58. The van der Waals surface area contributed by atoms with Crippen molar-refractivity contribution in [3.63, 3.8) is 0 Å². The van der Waals surface area contributed by atoms with Gasteiger partial charge >= 0.3 is 5.97 Å². The largest absolute Gasteiger partial charge is 0.489 e. The average molecular weight is 249 g/mol. The van der Waals surface area contributed by atoms with Gasteiger partial charge in [-0.05, 0) is 43.2 Å². The molecule has 4 heteroatoms. The molecule has 1 aliphatic rings. The van der Waals surface area contributed by atoms with Crippen LogP contribution in [0.4, 0.5) is 0 Å². The van der Waals surface area contributed by atoms with Crippen LogP contribution < -0.4 is 4.74 Å². The maximum atomic E-state index is 10.7. The SMILES string of the molecule is CC1CCC(Oc2ccc(C(=O)O)nc2)CC1C. The second kappa shape index (κ2) is 5.38. The van der Waals surface area contributed by atoms with E-state index in [-0.39, 0.29) is 11.8 Å². The van der Waals surface area contributed by atoms with Crippen molar-refractivity contribution < 1.29 is 14.6 Å². The Balaban J connectivity index is 1.95. The zero-order valence-corrected chi connectivity index (χ0v) is 10.8. The summed E-state index contributed by atoms with van der Waals surface area (Å²) >= 11 is 0. The van der Waals surface area contributed by atoms with Crippen molar-refractivity contribution in [3.05, 3.63) is 24.0 Å². The van der Waals surface area contributed by atoms with E-state index in [1.807, 2.05) is 0 Å². The van der Waals surface area contributed by atoms with E-state index in [2.05, 4.69) is 18.8 Å². The van der Waals surface area contributed by atoms with Crippen LogP contribution in [-0.2, 0) is 0 Å². The molecule has 0 amide bonds. The summed E-state index contributed by atoms with van der Waals surface area (Å²) in [7, 11) is 0. The fourth-order valence-electron chi connectivity index (χ4n) is 2.37. The third kappa shape index (κ3) is 3.00. The van der Waals surface area contributed by atoms with E-state index in [0.717, 1.165) is 18.8 Å². The van der Waals surface area contributed by atoms with Crippen LogP contribution >= 0.6 is 0 Å². The molecule has 0 spiro atoms. The first-order valence-corrected chi connectivity index (χ1v) is 6.42. The van der Waals surface area contributed by atoms with Crippen LogP contribution in [0, 0.1) is 11.8 Å². The summed E-state index contributed by atoms with van der Waals surface area (Å²) < 4.78 is 5.85. The summed E-state index contributed by atoms with van der Waals surface area (Å²) in [6.07, 6.45) is 5.03. The van der Waals surface area contributed by atoms with Crippen LogP contribution in [0.1, 0.15) is 43.6 Å². The summed E-state index contributed by atoms with van der Waals surface area (Å²) in [5.41, 5.74) is 0.0491. The van der Waals surface area contributed by atoms with Gasteiger partial charge in [0.05, 0.1) is 12.3 Å². The van der Waals surface area contributed by atoms with Gasteiger partial charge in [0.2, 0.25) is 0 Å². The Morgan fingerprint density at radius 1 is 1.33 bits per heavy atom. The molecule has 2 rings (SSSR count). The minimum absolute atomic E-state index is 0.0491. The maximum absolute atomic E-state index is 10.7. The first-order chi connectivity index (χ1) is 8.56. The molecule has 18 heavy (non-hydrogen) atoms. The van der Waals surface area contributed by atoms with Gasteiger partial charge in [-0.15, -0.1) is 0 Å². The lowest BCUT2D eigenvalue weighted by Crippen LogP contribution is -2.28. The van der Waals surface area contributed by atoms with E-state index < -0.39 is 5.97 Å². The lowest BCUT2D eigenvalue weighted by Gasteiger charge is -2.32. The van der Waals surface area contributed by atoms with E-state index in [1.165, 1.54) is 18.7 Å². The van der Waals surface area contributed by atoms with Crippen LogP contribution in [0.5, 0.6) is 5.75 Å². The van der Waals surface area contributed by atoms with Crippen LogP contribution in [0.3, 0.4) is 0 Å². The van der Waals surface area contributed by atoms with Gasteiger partial charge < -0.3 is 9.84 Å². The van der Waals surface area contributed by atoms with Gasteiger partial charge in [-0.3, -0.25) is 0 Å². The number of carboxylic acids is 1. The van der Waals surface area contributed by atoms with Crippen LogP contribution in [0.25, 0.3) is 0 Å². The van der Waals surface area contributed by atoms with E-state index in [4.69, 9.17) is 9.84 Å². The van der Waals surface area contributed by atoms with Crippen molar-refractivity contribution in [1.29, 1.82) is 0 Å². The van der Waals surface area contributed by atoms with Gasteiger partial charge in [-0.1, -0.05) is 13.8 Å². The number of carboxylic acid groups (broad SMARTS) is 1. The quantitative estimate of drug-likeness (QED) is 0.894. The molecule has 0 bridgehead atoms. The topological polar surface area (TPSA) is 59.4 Å². The van der Waals surface area contributed by atoms with E-state index >= 15 is 0 Å². The van der Waals surface area contributed by atoms with Gasteiger partial charge in [0.1, 0.15) is 11.4 Å². The van der Waals surface area contributed by atoms with Crippen molar-refractivity contribution in [3.8, 4) is 5.75 Å². The lowest BCUT2D eigenvalue weighted by atomic mass is 9.80. The van der Waals surface area contributed by atoms with Crippen molar-refractivity contribution in [1.82, 2.24) is 4.98 Å². The zero-order chi connectivity index (χ0) is 13.1. The second-order valence-electron chi connectivity index (χ2n) is 5.19. The van der Waals surface area contributed by atoms with E-state index in [9.17, 15) is 4.79 Å². The molecule has 0 aliphatic heterocycles. The smallest absolute Gasteiger partial charge is 0.354 e. The Morgan fingerprint density at radius 3 is 2.67 bits per heavy atom. The highest BCUT2D eigenvalue weighted by Crippen LogP contribution is 2.31. The zero-order valence-electron chi connectivity index (χ0n) is 10.8. The number of pyridine rings is 1. The summed E-state index contributed by atoms with van der Waals surface area (Å²) in [4.78, 5) is 14.5. The molecule has 3 atom stereocenters. The fraction of sp³-hybridized carbons (Fsp3) is 0.571. The predicted molar refractivity (Wildman–Crippen MR) is 67.8 cm³/mol. The fourth-order valence-corrected chi connectivity index (χ4v) is 2.37. The van der Waals surface area contributed by atoms with Gasteiger partial charge in [0.25, 0.3) is 0 Å². The molecular formula is C14H19NO3. The molecule has 1 aliphatic carbocycles. The lowest BCUT2D eigenvalue weighted by molar-refractivity contribution is 0.0690. The number of hydrogen-bond acceptors (Lipinski definition) is 3. The molecule has 0 aromatic carbocycles. The third-order valence-corrected chi connectivity index (χ3v) is 3.81. The molecule has 3 unspecified atom stereocenters. The van der Waals surface area contributed by atoms with Gasteiger partial charge in [-0.2, -0.15) is 0 Å². The normalized spacial score (nSPS) is 27.8. The summed E-state index contributed by atoms with van der Waals surface area (Å²) in [5.74, 6) is 1.08. The maximum Gasteiger partial charge on any atom is 0.354 e. The van der Waals surface area contributed by atoms with Crippen LogP contribution in [-0.4, -0.2) is 22.2 Å². The van der Waals surface area contributed by atoms with Crippen molar-refractivity contribution >= 4 is 5.97 Å². The molecule has 4 nitrogen and oxygen atoms in total. The predicted octanol–water partition coefficient (Wildman–Crippen LogP) is 2.98. The summed E-state index contributed by atoms with van der Waals surface area (Å²) in [5, 5.41) is 8.76. The van der Waals surface area contributed by atoms with Gasteiger partial charge in [0.15, 0.2) is 0 Å². The minimum Gasteiger partial charge on any atom is -0.489 e. The molecule has 1 aromatic rings. The molecule has 0 saturated heterocycles. The number of hydrogen-bond donors (Lipinski definition) is 1. The second-order valence-corrected chi connectivity index (χ2v) is 5.19. The molecule has 0 radical (unpaired) electrons. The summed E-state index contributed by atoms with van der Waals surface area (Å²) in [6, 6.07) is 3.16. The molecular weight excluding hydrogens is 230 g/mol. The molecule has 98 valence electrons. The molecule has 1 heterocycles. The average Bonchev–Trinajstić information content (AvgIpc) is 2.34. The molecule has 1 fully saturated rings. The van der Waals surface area contributed by atoms with E-state index in [0.29, 0.717) is 11.7 Å². The van der Waals surface area contributed by atoms with E-state index in [1.54, 1.807) is 6.07 Å². The minimum atomic E-state index is -1.01. The monoisotopic (exact) mass is 249 g/mol. The van der Waals surface area contributed by atoms with Gasteiger partial charge in [-0.25, -0.2) is 9.78 Å². The van der Waals surface area contributed by atoms with Crippen molar-refractivity contribution in [2.45, 2.75) is 39.2 Å². The molecule has 1 saturated carbocycles. The number of ether oxygens (including phenoxy) is 1. The Morgan fingerprint density at radius 2 is 2.11 bits per heavy atom. The highest BCUT2D eigenvalue weighted by Gasteiger charge is 2.25. The number of aromatic nitrogens is 1. The number of aromatic carboxylic acids is 1. The van der Waals surface area contributed by atoms with Crippen molar-refractivity contribution in [2.75, 3.05) is 0 Å². The highest BCUT2D eigenvalue weighted by molar-refractivity contribution is 5.85. The Bertz CT molecular complexity index is 416. The van der Waals surface area contributed by atoms with Gasteiger partial charge in [0, 0.05) is 0 Å². The molecule has 1 aromatic heterocycles. The van der Waals surface area contributed by atoms with Crippen LogP contribution in [0.15, 0.2) is 18.3 Å². The number of carbonyl (C=O) groups is 1. The molecule has 1 N–H and O–H groups in total. The number of rotatable bonds is 3. The number of nitrogens with zero attached hydrogens (tertiary/aromatic N) is 1. The van der Waals surface area contributed by atoms with Crippen molar-refractivity contribution in [2.24, 2.45) is 11.8 Å².